The molecular formula is C9H7NO5. The number of benzene rings is 1. The molecule has 6 heteroatoms. The van der Waals surface area contributed by atoms with E-state index in [0.29, 0.717) is 5.06 Å². The second kappa shape index (κ2) is 2.96. The van der Waals surface area contributed by atoms with Gasteiger partial charge in [-0.3, -0.25) is 14.4 Å². The van der Waals surface area contributed by atoms with Gasteiger partial charge in [-0.25, -0.2) is 0 Å². The minimum atomic E-state index is -0.786. The second-order valence-electron chi connectivity index (χ2n) is 2.94. The molecule has 0 radical (unpaired) electrons. The van der Waals surface area contributed by atoms with E-state index in [1.54, 1.807) is 0 Å². The van der Waals surface area contributed by atoms with Crippen molar-refractivity contribution in [2.45, 2.75) is 0 Å². The van der Waals surface area contributed by atoms with Crippen LogP contribution in [0.5, 0.6) is 11.5 Å². The number of amides is 2. The smallest absolute Gasteiger partial charge is 0.289 e. The zero-order valence-electron chi connectivity index (χ0n) is 7.72. The van der Waals surface area contributed by atoms with Crippen LogP contribution in [0.15, 0.2) is 12.1 Å². The van der Waals surface area contributed by atoms with Crippen molar-refractivity contribution in [2.24, 2.45) is 0 Å². The first-order chi connectivity index (χ1) is 7.07. The van der Waals surface area contributed by atoms with Gasteiger partial charge >= 0.3 is 0 Å². The van der Waals surface area contributed by atoms with Crippen LogP contribution in [0.4, 0.5) is 0 Å². The summed E-state index contributed by atoms with van der Waals surface area (Å²) in [5.74, 6) is -2.50. The Labute approximate surface area is 84.3 Å². The zero-order chi connectivity index (χ0) is 11.2. The summed E-state index contributed by atoms with van der Waals surface area (Å²) in [7, 11) is 1.17. The van der Waals surface area contributed by atoms with Crippen LogP contribution in [-0.2, 0) is 4.84 Å². The molecule has 0 saturated heterocycles. The van der Waals surface area contributed by atoms with Crippen molar-refractivity contribution < 1.29 is 24.6 Å². The maximum atomic E-state index is 11.5. The Morgan fingerprint density at radius 1 is 1.20 bits per heavy atom. The highest BCUT2D eigenvalue weighted by molar-refractivity contribution is 6.22. The van der Waals surface area contributed by atoms with Crippen molar-refractivity contribution in [1.82, 2.24) is 5.06 Å². The van der Waals surface area contributed by atoms with E-state index in [1.165, 1.54) is 13.2 Å². The van der Waals surface area contributed by atoms with Gasteiger partial charge in [-0.05, 0) is 12.1 Å². The van der Waals surface area contributed by atoms with Gasteiger partial charge < -0.3 is 10.2 Å². The van der Waals surface area contributed by atoms with E-state index in [4.69, 9.17) is 0 Å². The van der Waals surface area contributed by atoms with Gasteiger partial charge in [0.15, 0.2) is 11.5 Å². The van der Waals surface area contributed by atoms with Crippen molar-refractivity contribution in [3.63, 3.8) is 0 Å². The molecular weight excluding hydrogens is 202 g/mol. The van der Waals surface area contributed by atoms with Crippen LogP contribution in [0, 0.1) is 0 Å². The third kappa shape index (κ3) is 1.08. The Bertz CT molecular complexity index is 468. The molecule has 1 aliphatic rings. The number of rotatable bonds is 1. The van der Waals surface area contributed by atoms with Gasteiger partial charge in [0.2, 0.25) is 0 Å². The molecule has 1 aromatic carbocycles. The van der Waals surface area contributed by atoms with Crippen LogP contribution >= 0.6 is 0 Å². The third-order valence-corrected chi connectivity index (χ3v) is 2.15. The molecule has 0 aliphatic carbocycles. The molecule has 15 heavy (non-hydrogen) atoms. The van der Waals surface area contributed by atoms with E-state index in [2.05, 4.69) is 4.84 Å². The van der Waals surface area contributed by atoms with Crippen LogP contribution in [-0.4, -0.2) is 34.2 Å². The molecule has 0 spiro atoms. The summed E-state index contributed by atoms with van der Waals surface area (Å²) in [6.07, 6.45) is 0. The molecule has 0 aromatic heterocycles. The SMILES string of the molecule is CON1C(=O)c2ccc(O)c(O)c2C1=O. The Morgan fingerprint density at radius 2 is 1.87 bits per heavy atom. The van der Waals surface area contributed by atoms with E-state index in [-0.39, 0.29) is 11.1 Å². The lowest BCUT2D eigenvalue weighted by Crippen LogP contribution is -2.28. The van der Waals surface area contributed by atoms with Gasteiger partial charge in [-0.15, -0.1) is 5.06 Å². The number of carbonyl (C=O) groups excluding carboxylic acids is 2. The lowest BCUT2D eigenvalue weighted by Gasteiger charge is -2.07. The summed E-state index contributed by atoms with van der Waals surface area (Å²) in [5.41, 5.74) is -0.223. The highest BCUT2D eigenvalue weighted by Gasteiger charge is 2.39. The van der Waals surface area contributed by atoms with E-state index in [1.807, 2.05) is 0 Å². The first-order valence-electron chi connectivity index (χ1n) is 4.05. The number of aromatic hydroxyl groups is 2. The first-order valence-corrected chi connectivity index (χ1v) is 4.05. The van der Waals surface area contributed by atoms with Crippen LogP contribution in [0.25, 0.3) is 0 Å². The minimum Gasteiger partial charge on any atom is -0.504 e. The molecule has 78 valence electrons. The maximum Gasteiger partial charge on any atom is 0.289 e. The summed E-state index contributed by atoms with van der Waals surface area (Å²) in [6.45, 7) is 0. The van der Waals surface area contributed by atoms with Gasteiger partial charge in [0.1, 0.15) is 5.56 Å². The number of imide groups is 1. The van der Waals surface area contributed by atoms with Crippen LogP contribution in [0.1, 0.15) is 20.7 Å². The Kier molecular flexibility index (Phi) is 1.87. The monoisotopic (exact) mass is 209 g/mol. The van der Waals surface area contributed by atoms with Crippen LogP contribution in [0.3, 0.4) is 0 Å². The van der Waals surface area contributed by atoms with Gasteiger partial charge in [0.25, 0.3) is 11.8 Å². The fourth-order valence-corrected chi connectivity index (χ4v) is 1.44. The predicted octanol–water partition coefficient (Wildman–Crippen LogP) is 0.255. The molecule has 0 atom stereocenters. The minimum absolute atomic E-state index is 0.0113. The normalized spacial score (nSPS) is 14.6. The molecule has 1 aromatic rings. The van der Waals surface area contributed by atoms with Crippen molar-refractivity contribution in [3.8, 4) is 11.5 Å². The largest absolute Gasteiger partial charge is 0.504 e. The van der Waals surface area contributed by atoms with Gasteiger partial charge in [-0.1, -0.05) is 0 Å². The highest BCUT2D eigenvalue weighted by Crippen LogP contribution is 2.36. The van der Waals surface area contributed by atoms with Crippen molar-refractivity contribution >= 4 is 11.8 Å². The quantitative estimate of drug-likeness (QED) is 0.511. The molecule has 2 N–H and O–H groups in total. The van der Waals surface area contributed by atoms with Gasteiger partial charge in [-0.2, -0.15) is 0 Å². The number of nitrogens with zero attached hydrogens (tertiary/aromatic N) is 1. The Balaban J connectivity index is 2.68. The number of hydrogen-bond acceptors (Lipinski definition) is 5. The van der Waals surface area contributed by atoms with E-state index < -0.39 is 23.3 Å². The fourth-order valence-electron chi connectivity index (χ4n) is 1.44. The van der Waals surface area contributed by atoms with E-state index >= 15 is 0 Å². The molecule has 0 fully saturated rings. The summed E-state index contributed by atoms with van der Waals surface area (Å²) in [5, 5.41) is 19.1. The fraction of sp³-hybridized carbons (Fsp3) is 0.111. The lowest BCUT2D eigenvalue weighted by molar-refractivity contribution is -0.0646. The zero-order valence-corrected chi connectivity index (χ0v) is 7.72. The van der Waals surface area contributed by atoms with Gasteiger partial charge in [0, 0.05) is 0 Å². The lowest BCUT2D eigenvalue weighted by atomic mass is 10.1. The van der Waals surface area contributed by atoms with Crippen LogP contribution in [0.2, 0.25) is 0 Å². The maximum absolute atomic E-state index is 11.5. The Hall–Kier alpha value is -2.08. The summed E-state index contributed by atoms with van der Waals surface area (Å²) in [6, 6.07) is 2.39. The van der Waals surface area contributed by atoms with Crippen molar-refractivity contribution in [3.05, 3.63) is 23.3 Å². The summed E-state index contributed by atoms with van der Waals surface area (Å²) in [4.78, 5) is 27.6. The van der Waals surface area contributed by atoms with Crippen molar-refractivity contribution in [2.75, 3.05) is 7.11 Å². The summed E-state index contributed by atoms with van der Waals surface area (Å²) >= 11 is 0. The molecule has 0 unspecified atom stereocenters. The highest BCUT2D eigenvalue weighted by atomic mass is 16.7. The number of carbonyl (C=O) groups is 2. The van der Waals surface area contributed by atoms with E-state index in [9.17, 15) is 19.8 Å². The van der Waals surface area contributed by atoms with Gasteiger partial charge in [0.05, 0.1) is 12.7 Å². The number of phenolic OH excluding ortho intramolecular Hbond substituents is 2. The molecule has 2 rings (SSSR count). The standard InChI is InChI=1S/C9H7NO5/c1-15-10-8(13)4-2-3-5(11)7(12)6(4)9(10)14/h2-3,11-12H,1H3. The molecule has 0 bridgehead atoms. The Morgan fingerprint density at radius 3 is 2.47 bits per heavy atom. The van der Waals surface area contributed by atoms with Crippen molar-refractivity contribution in [1.29, 1.82) is 0 Å². The molecule has 1 aliphatic heterocycles. The average molecular weight is 209 g/mol. The third-order valence-electron chi connectivity index (χ3n) is 2.15. The van der Waals surface area contributed by atoms with Crippen LogP contribution < -0.4 is 0 Å². The number of fused-ring (bicyclic) bond motifs is 1. The second-order valence-corrected chi connectivity index (χ2v) is 2.94. The predicted molar refractivity (Wildman–Crippen MR) is 47.3 cm³/mol. The number of phenols is 2. The molecule has 6 nitrogen and oxygen atoms in total. The number of hydrogen-bond donors (Lipinski definition) is 2. The summed E-state index contributed by atoms with van der Waals surface area (Å²) < 4.78 is 0. The number of hydroxylamine groups is 2. The molecule has 0 saturated carbocycles. The average Bonchev–Trinajstić information content (AvgIpc) is 2.45. The molecule has 2 amide bonds. The van der Waals surface area contributed by atoms with E-state index in [0.717, 1.165) is 6.07 Å². The topological polar surface area (TPSA) is 87.1 Å². The molecule has 1 heterocycles. The first kappa shape index (κ1) is 9.47.